The van der Waals surface area contributed by atoms with Crippen molar-refractivity contribution in [2.45, 2.75) is 11.8 Å². The summed E-state index contributed by atoms with van der Waals surface area (Å²) in [6, 6.07) is 14.3. The highest BCUT2D eigenvalue weighted by atomic mass is 35.5. The van der Waals surface area contributed by atoms with Crippen LogP contribution in [0.4, 0.5) is 5.82 Å². The van der Waals surface area contributed by atoms with Crippen molar-refractivity contribution in [2.24, 2.45) is 7.05 Å². The molecule has 1 N–H and O–H groups in total. The number of hydrogen-bond donors (Lipinski definition) is 1. The number of anilines is 1. The van der Waals surface area contributed by atoms with Crippen molar-refractivity contribution in [1.82, 2.24) is 14.9 Å². The van der Waals surface area contributed by atoms with Gasteiger partial charge in [-0.3, -0.25) is 9.40 Å². The Hall–Kier alpha value is -3.81. The molecule has 0 aliphatic carbocycles. The van der Waals surface area contributed by atoms with Gasteiger partial charge in [0.15, 0.2) is 5.82 Å². The van der Waals surface area contributed by atoms with Crippen molar-refractivity contribution >= 4 is 27.4 Å². The minimum absolute atomic E-state index is 0.0371. The first-order valence-electron chi connectivity index (χ1n) is 9.23. The van der Waals surface area contributed by atoms with E-state index in [0.717, 1.165) is 5.69 Å². The van der Waals surface area contributed by atoms with E-state index in [1.165, 1.54) is 24.3 Å². The first-order chi connectivity index (χ1) is 15.3. The van der Waals surface area contributed by atoms with Crippen LogP contribution in [0.3, 0.4) is 0 Å². The van der Waals surface area contributed by atoms with Crippen LogP contribution >= 0.6 is 11.6 Å². The largest absolute Gasteiger partial charge is 0.455 e. The molecule has 9 nitrogen and oxygen atoms in total. The maximum absolute atomic E-state index is 12.7. The summed E-state index contributed by atoms with van der Waals surface area (Å²) >= 11 is 6.16. The van der Waals surface area contributed by atoms with Crippen LogP contribution in [0.15, 0.2) is 64.1 Å². The number of nitrogens with one attached hydrogen (secondary N) is 1. The van der Waals surface area contributed by atoms with E-state index >= 15 is 0 Å². The molecule has 0 aliphatic rings. The van der Waals surface area contributed by atoms with Crippen molar-refractivity contribution in [2.75, 3.05) is 4.72 Å². The molecule has 0 amide bonds. The van der Waals surface area contributed by atoms with Crippen molar-refractivity contribution in [1.29, 1.82) is 5.26 Å². The number of benzene rings is 2. The zero-order valence-corrected chi connectivity index (χ0v) is 18.5. The zero-order chi connectivity index (χ0) is 22.9. The van der Waals surface area contributed by atoms with Crippen molar-refractivity contribution in [3.8, 4) is 28.8 Å². The first-order valence-corrected chi connectivity index (χ1v) is 11.1. The molecule has 0 unspecified atom stereocenters. The minimum atomic E-state index is -3.99. The Labute approximate surface area is 188 Å². The molecule has 32 heavy (non-hydrogen) atoms. The van der Waals surface area contributed by atoms with Crippen LogP contribution in [0, 0.1) is 18.3 Å². The quantitative estimate of drug-likeness (QED) is 0.440. The highest BCUT2D eigenvalue weighted by Gasteiger charge is 2.20. The van der Waals surface area contributed by atoms with E-state index < -0.39 is 10.0 Å². The SMILES string of the molecule is Cc1cc(NS(=O)(=O)c2ccc(Oc3ccc(Cl)cc3-c3ccnn3C)c(C#N)c2)no1. The van der Waals surface area contributed by atoms with Crippen LogP contribution in [-0.2, 0) is 17.1 Å². The average Bonchev–Trinajstić information content (AvgIpc) is 3.36. The molecule has 0 aliphatic heterocycles. The summed E-state index contributed by atoms with van der Waals surface area (Å²) in [5.74, 6) is 1.12. The van der Waals surface area contributed by atoms with Crippen LogP contribution < -0.4 is 9.46 Å². The van der Waals surface area contributed by atoms with Gasteiger partial charge in [-0.2, -0.15) is 10.4 Å². The normalized spacial score (nSPS) is 11.2. The maximum Gasteiger partial charge on any atom is 0.263 e. The number of ether oxygens (including phenoxy) is 1. The Kier molecular flexibility index (Phi) is 5.61. The molecule has 0 atom stereocenters. The second kappa shape index (κ2) is 8.37. The lowest BCUT2D eigenvalue weighted by molar-refractivity contribution is 0.400. The lowest BCUT2D eigenvalue weighted by atomic mass is 10.1. The molecule has 0 saturated heterocycles. The number of nitrogens with zero attached hydrogens (tertiary/aromatic N) is 4. The number of rotatable bonds is 6. The number of halogens is 1. The molecule has 4 rings (SSSR count). The molecule has 2 aromatic heterocycles. The predicted octanol–water partition coefficient (Wildman–Crippen LogP) is 4.50. The number of nitriles is 1. The summed E-state index contributed by atoms with van der Waals surface area (Å²) in [6.45, 7) is 1.64. The fourth-order valence-corrected chi connectivity index (χ4v) is 4.19. The molecule has 2 heterocycles. The van der Waals surface area contributed by atoms with Gasteiger partial charge >= 0.3 is 0 Å². The van der Waals surface area contributed by atoms with Crippen LogP contribution in [0.1, 0.15) is 11.3 Å². The van der Waals surface area contributed by atoms with E-state index in [2.05, 4.69) is 15.0 Å². The second-order valence-electron chi connectivity index (χ2n) is 6.78. The third kappa shape index (κ3) is 4.30. The Bertz CT molecular complexity index is 1450. The van der Waals surface area contributed by atoms with Gasteiger partial charge in [-0.05, 0) is 49.4 Å². The van der Waals surface area contributed by atoms with E-state index in [1.54, 1.807) is 49.1 Å². The van der Waals surface area contributed by atoms with Gasteiger partial charge in [0, 0.05) is 29.9 Å². The van der Waals surface area contributed by atoms with Gasteiger partial charge < -0.3 is 9.26 Å². The summed E-state index contributed by atoms with van der Waals surface area (Å²) < 4.78 is 40.2. The van der Waals surface area contributed by atoms with Gasteiger partial charge in [0.05, 0.1) is 16.2 Å². The number of hydrogen-bond acceptors (Lipinski definition) is 7. The smallest absolute Gasteiger partial charge is 0.263 e. The minimum Gasteiger partial charge on any atom is -0.455 e. The van der Waals surface area contributed by atoms with E-state index in [9.17, 15) is 13.7 Å². The van der Waals surface area contributed by atoms with Crippen LogP contribution in [0.25, 0.3) is 11.3 Å². The highest BCUT2D eigenvalue weighted by molar-refractivity contribution is 7.92. The van der Waals surface area contributed by atoms with E-state index in [4.69, 9.17) is 20.9 Å². The third-order valence-electron chi connectivity index (χ3n) is 4.51. The van der Waals surface area contributed by atoms with Gasteiger partial charge in [-0.15, -0.1) is 0 Å². The van der Waals surface area contributed by atoms with Gasteiger partial charge in [0.2, 0.25) is 0 Å². The van der Waals surface area contributed by atoms with E-state index in [0.29, 0.717) is 22.1 Å². The molecule has 0 fully saturated rings. The first kappa shape index (κ1) is 21.4. The number of aryl methyl sites for hydroxylation is 2. The molecule has 0 saturated carbocycles. The monoisotopic (exact) mass is 469 g/mol. The molecule has 162 valence electrons. The zero-order valence-electron chi connectivity index (χ0n) is 16.9. The van der Waals surface area contributed by atoms with Crippen LogP contribution in [0.5, 0.6) is 11.5 Å². The predicted molar refractivity (Wildman–Crippen MR) is 117 cm³/mol. The fourth-order valence-electron chi connectivity index (χ4n) is 3.01. The summed E-state index contributed by atoms with van der Waals surface area (Å²) in [7, 11) is -2.20. The van der Waals surface area contributed by atoms with Gasteiger partial charge in [0.25, 0.3) is 10.0 Å². The lowest BCUT2D eigenvalue weighted by Gasteiger charge is -2.14. The van der Waals surface area contributed by atoms with E-state index in [1.807, 2.05) is 6.07 Å². The van der Waals surface area contributed by atoms with Crippen LogP contribution in [-0.4, -0.2) is 23.4 Å². The number of sulfonamides is 1. The molecule has 0 bridgehead atoms. The van der Waals surface area contributed by atoms with Crippen LogP contribution in [0.2, 0.25) is 5.02 Å². The maximum atomic E-state index is 12.7. The molecule has 4 aromatic rings. The topological polar surface area (TPSA) is 123 Å². The van der Waals surface area contributed by atoms with Gasteiger partial charge in [0.1, 0.15) is 23.3 Å². The standard InChI is InChI=1S/C21H16ClN5O4S/c1-13-9-21(25-31-13)26-32(28,29)16-4-6-19(14(10-16)12-23)30-20-5-3-15(22)11-17(20)18-7-8-24-27(18)2/h3-11H,1-2H3,(H,25,26). The molecular formula is C21H16ClN5O4S. The summed E-state index contributed by atoms with van der Waals surface area (Å²) in [5, 5.41) is 17.9. The summed E-state index contributed by atoms with van der Waals surface area (Å²) in [6.07, 6.45) is 1.64. The summed E-state index contributed by atoms with van der Waals surface area (Å²) in [4.78, 5) is -0.120. The Morgan fingerprint density at radius 1 is 1.16 bits per heavy atom. The molecule has 11 heteroatoms. The Morgan fingerprint density at radius 2 is 1.94 bits per heavy atom. The van der Waals surface area contributed by atoms with Crippen molar-refractivity contribution in [3.63, 3.8) is 0 Å². The Morgan fingerprint density at radius 3 is 2.59 bits per heavy atom. The Balaban J connectivity index is 1.68. The fraction of sp³-hybridized carbons (Fsp3) is 0.0952. The second-order valence-corrected chi connectivity index (χ2v) is 8.90. The van der Waals surface area contributed by atoms with Gasteiger partial charge in [-0.25, -0.2) is 8.42 Å². The molecule has 2 aromatic carbocycles. The van der Waals surface area contributed by atoms with Crippen molar-refractivity contribution < 1.29 is 17.7 Å². The highest BCUT2D eigenvalue weighted by Crippen LogP contribution is 2.36. The average molecular weight is 470 g/mol. The molecule has 0 spiro atoms. The lowest BCUT2D eigenvalue weighted by Crippen LogP contribution is -2.13. The molecule has 0 radical (unpaired) electrons. The van der Waals surface area contributed by atoms with Crippen molar-refractivity contribution in [3.05, 3.63) is 71.1 Å². The van der Waals surface area contributed by atoms with Gasteiger partial charge in [-0.1, -0.05) is 16.8 Å². The van der Waals surface area contributed by atoms with E-state index in [-0.39, 0.29) is 22.0 Å². The third-order valence-corrected chi connectivity index (χ3v) is 6.09. The number of aromatic nitrogens is 3. The summed E-state index contributed by atoms with van der Waals surface area (Å²) in [5.41, 5.74) is 1.46. The molecular weight excluding hydrogens is 454 g/mol.